The van der Waals surface area contributed by atoms with Gasteiger partial charge in [-0.3, -0.25) is 4.68 Å². The highest BCUT2D eigenvalue weighted by molar-refractivity contribution is 5.43. The third-order valence-corrected chi connectivity index (χ3v) is 2.65. The number of aromatic nitrogens is 2. The summed E-state index contributed by atoms with van der Waals surface area (Å²) in [5.41, 5.74) is 4.89. The molecule has 0 atom stereocenters. The highest BCUT2D eigenvalue weighted by Crippen LogP contribution is 2.36. The number of nitrogens with two attached hydrogens (primary N) is 1. The lowest BCUT2D eigenvalue weighted by Crippen LogP contribution is -2.13. The summed E-state index contributed by atoms with van der Waals surface area (Å²) >= 11 is 0. The van der Waals surface area contributed by atoms with Crippen LogP contribution in [0.1, 0.15) is 11.1 Å². The molecular weight excluding hydrogens is 285 g/mol. The van der Waals surface area contributed by atoms with Gasteiger partial charge in [-0.2, -0.15) is 23.5 Å². The molecule has 0 spiro atoms. The fourth-order valence-corrected chi connectivity index (χ4v) is 1.70. The first kappa shape index (κ1) is 14.7. The average Bonchev–Trinajstić information content (AvgIpc) is 2.83. The lowest BCUT2D eigenvalue weighted by molar-refractivity contribution is -0.139. The Morgan fingerprint density at radius 1 is 1.38 bits per heavy atom. The number of rotatable bonds is 4. The van der Waals surface area contributed by atoms with Crippen LogP contribution in [0.5, 0.6) is 5.75 Å². The smallest absolute Gasteiger partial charge is 0.420 e. The Balaban J connectivity index is 2.10. The van der Waals surface area contributed by atoms with Crippen molar-refractivity contribution < 1.29 is 17.9 Å². The van der Waals surface area contributed by atoms with Gasteiger partial charge in [-0.15, -0.1) is 0 Å². The number of ether oxygens (including phenoxy) is 1. The summed E-state index contributed by atoms with van der Waals surface area (Å²) in [6.07, 6.45) is -1.60. The van der Waals surface area contributed by atoms with Gasteiger partial charge in [-0.05, 0) is 18.2 Å². The molecule has 0 fully saturated rings. The summed E-state index contributed by atoms with van der Waals surface area (Å²) in [6, 6.07) is 4.84. The molecule has 0 aliphatic rings. The van der Waals surface area contributed by atoms with Crippen molar-refractivity contribution in [2.45, 2.75) is 12.7 Å². The van der Waals surface area contributed by atoms with Gasteiger partial charge < -0.3 is 10.5 Å². The standard InChI is InChI=1S/C13H11F3N4O/c14-13(15,16)11-5-9(6-17)1-2-12(11)21-4-3-20-8-10(18)7-19-20/h1-2,5,7-8H,3-4,18H2. The second-order valence-corrected chi connectivity index (χ2v) is 4.21. The SMILES string of the molecule is N#Cc1ccc(OCCn2cc(N)cn2)c(C(F)(F)F)c1. The Kier molecular flexibility index (Phi) is 4.03. The molecule has 0 amide bonds. The van der Waals surface area contributed by atoms with Gasteiger partial charge >= 0.3 is 6.18 Å². The number of anilines is 1. The number of nitrogen functional groups attached to an aromatic ring is 1. The molecular formula is C13H11F3N4O. The van der Waals surface area contributed by atoms with E-state index < -0.39 is 11.7 Å². The van der Waals surface area contributed by atoms with E-state index in [4.69, 9.17) is 15.7 Å². The van der Waals surface area contributed by atoms with Gasteiger partial charge in [0.05, 0.1) is 35.6 Å². The van der Waals surface area contributed by atoms with Gasteiger partial charge in [0, 0.05) is 6.20 Å². The number of nitriles is 1. The molecule has 1 aromatic carbocycles. The minimum Gasteiger partial charge on any atom is -0.491 e. The van der Waals surface area contributed by atoms with E-state index >= 15 is 0 Å². The molecule has 21 heavy (non-hydrogen) atoms. The number of alkyl halides is 3. The first-order valence-corrected chi connectivity index (χ1v) is 5.92. The van der Waals surface area contributed by atoms with Crippen LogP contribution in [0, 0.1) is 11.3 Å². The maximum atomic E-state index is 12.9. The molecule has 0 bridgehead atoms. The Morgan fingerprint density at radius 3 is 2.71 bits per heavy atom. The van der Waals surface area contributed by atoms with Crippen molar-refractivity contribution in [3.63, 3.8) is 0 Å². The molecule has 5 nitrogen and oxygen atoms in total. The number of nitrogens with zero attached hydrogens (tertiary/aromatic N) is 3. The molecule has 2 rings (SSSR count). The number of benzene rings is 1. The lowest BCUT2D eigenvalue weighted by Gasteiger charge is -2.14. The van der Waals surface area contributed by atoms with E-state index in [-0.39, 0.29) is 24.5 Å². The summed E-state index contributed by atoms with van der Waals surface area (Å²) in [6.45, 7) is 0.255. The first-order valence-electron chi connectivity index (χ1n) is 5.92. The van der Waals surface area contributed by atoms with Crippen LogP contribution in [0.2, 0.25) is 0 Å². The zero-order valence-corrected chi connectivity index (χ0v) is 10.8. The van der Waals surface area contributed by atoms with Crippen molar-refractivity contribution >= 4 is 5.69 Å². The summed E-state index contributed by atoms with van der Waals surface area (Å²) in [5.74, 6) is -0.318. The van der Waals surface area contributed by atoms with Gasteiger partial charge in [0.15, 0.2) is 0 Å². The minimum absolute atomic E-state index is 0.00387. The molecule has 0 saturated heterocycles. The van der Waals surface area contributed by atoms with Crippen molar-refractivity contribution in [1.29, 1.82) is 5.26 Å². The highest BCUT2D eigenvalue weighted by atomic mass is 19.4. The van der Waals surface area contributed by atoms with Gasteiger partial charge in [-0.25, -0.2) is 0 Å². The number of hydrogen-bond acceptors (Lipinski definition) is 4. The van der Waals surface area contributed by atoms with Crippen molar-refractivity contribution in [3.05, 3.63) is 41.7 Å². The van der Waals surface area contributed by atoms with Gasteiger partial charge in [0.1, 0.15) is 12.4 Å². The van der Waals surface area contributed by atoms with Crippen LogP contribution in [0.3, 0.4) is 0 Å². The molecule has 1 heterocycles. The molecule has 110 valence electrons. The van der Waals surface area contributed by atoms with Gasteiger partial charge in [0.2, 0.25) is 0 Å². The van der Waals surface area contributed by atoms with Crippen molar-refractivity contribution in [1.82, 2.24) is 9.78 Å². The maximum Gasteiger partial charge on any atom is 0.420 e. The largest absolute Gasteiger partial charge is 0.491 e. The predicted molar refractivity (Wildman–Crippen MR) is 68.3 cm³/mol. The van der Waals surface area contributed by atoms with Crippen molar-refractivity contribution in [3.8, 4) is 11.8 Å². The van der Waals surface area contributed by atoms with Crippen LogP contribution in [0.4, 0.5) is 18.9 Å². The summed E-state index contributed by atoms with van der Waals surface area (Å²) in [7, 11) is 0. The summed E-state index contributed by atoms with van der Waals surface area (Å²) in [5, 5.41) is 12.6. The first-order chi connectivity index (χ1) is 9.90. The third kappa shape index (κ3) is 3.66. The number of halogens is 3. The molecule has 0 aliphatic carbocycles. The summed E-state index contributed by atoms with van der Waals surface area (Å²) in [4.78, 5) is 0. The molecule has 2 aromatic rings. The molecule has 1 aromatic heterocycles. The fraction of sp³-hybridized carbons (Fsp3) is 0.231. The monoisotopic (exact) mass is 296 g/mol. The Hall–Kier alpha value is -2.69. The van der Waals surface area contributed by atoms with Crippen LogP contribution in [0.25, 0.3) is 0 Å². The van der Waals surface area contributed by atoms with Gasteiger partial charge in [0.25, 0.3) is 0 Å². The fourth-order valence-electron chi connectivity index (χ4n) is 1.70. The molecule has 0 unspecified atom stereocenters. The second kappa shape index (κ2) is 5.75. The van der Waals surface area contributed by atoms with E-state index in [1.807, 2.05) is 0 Å². The van der Waals surface area contributed by atoms with E-state index in [9.17, 15) is 13.2 Å². The molecule has 0 radical (unpaired) electrons. The van der Waals surface area contributed by atoms with Crippen molar-refractivity contribution in [2.75, 3.05) is 12.3 Å². The van der Waals surface area contributed by atoms with E-state index in [1.54, 1.807) is 12.3 Å². The Morgan fingerprint density at radius 2 is 2.14 bits per heavy atom. The van der Waals surface area contributed by atoms with Crippen LogP contribution in [0.15, 0.2) is 30.6 Å². The van der Waals surface area contributed by atoms with Crippen LogP contribution < -0.4 is 10.5 Å². The molecule has 0 aliphatic heterocycles. The average molecular weight is 296 g/mol. The summed E-state index contributed by atoms with van der Waals surface area (Å²) < 4.78 is 45.3. The molecule has 2 N–H and O–H groups in total. The van der Waals surface area contributed by atoms with Crippen LogP contribution in [-0.4, -0.2) is 16.4 Å². The Bertz CT molecular complexity index is 673. The van der Waals surface area contributed by atoms with E-state index in [0.29, 0.717) is 5.69 Å². The molecule has 0 saturated carbocycles. The third-order valence-electron chi connectivity index (χ3n) is 2.65. The lowest BCUT2D eigenvalue weighted by atomic mass is 10.1. The predicted octanol–water partition coefficient (Wildman–Crippen LogP) is 2.43. The number of hydrogen-bond donors (Lipinski definition) is 1. The quantitative estimate of drug-likeness (QED) is 0.940. The van der Waals surface area contributed by atoms with Crippen LogP contribution in [-0.2, 0) is 12.7 Å². The molecule has 8 heteroatoms. The topological polar surface area (TPSA) is 76.9 Å². The van der Waals surface area contributed by atoms with E-state index in [1.165, 1.54) is 16.9 Å². The Labute approximate surface area is 118 Å². The minimum atomic E-state index is -4.58. The van der Waals surface area contributed by atoms with E-state index in [2.05, 4.69) is 5.10 Å². The zero-order chi connectivity index (χ0) is 15.5. The highest BCUT2D eigenvalue weighted by Gasteiger charge is 2.34. The second-order valence-electron chi connectivity index (χ2n) is 4.21. The van der Waals surface area contributed by atoms with Crippen LogP contribution >= 0.6 is 0 Å². The van der Waals surface area contributed by atoms with Gasteiger partial charge in [-0.1, -0.05) is 0 Å². The normalized spacial score (nSPS) is 11.1. The van der Waals surface area contributed by atoms with E-state index in [0.717, 1.165) is 12.1 Å². The maximum absolute atomic E-state index is 12.9. The van der Waals surface area contributed by atoms with Crippen molar-refractivity contribution in [2.24, 2.45) is 0 Å². The zero-order valence-electron chi connectivity index (χ0n) is 10.8.